The van der Waals surface area contributed by atoms with Gasteiger partial charge in [-0.25, -0.2) is 0 Å². The van der Waals surface area contributed by atoms with Crippen LogP contribution in [0, 0.1) is 6.92 Å². The third-order valence-corrected chi connectivity index (χ3v) is 3.80. The Balaban J connectivity index is 2.27. The number of carbonyl (C=O) groups excluding carboxylic acids is 1. The smallest absolute Gasteiger partial charge is 0.287 e. The molecule has 2 aromatic rings. The molecule has 1 aromatic heterocycles. The summed E-state index contributed by atoms with van der Waals surface area (Å²) in [5, 5.41) is 2.97. The second-order valence-electron chi connectivity index (χ2n) is 5.78. The molecule has 0 saturated carbocycles. The Morgan fingerprint density at radius 1 is 1.23 bits per heavy atom. The van der Waals surface area contributed by atoms with Crippen molar-refractivity contribution in [3.8, 4) is 5.75 Å². The van der Waals surface area contributed by atoms with Crippen molar-refractivity contribution in [3.63, 3.8) is 0 Å². The maximum absolute atomic E-state index is 12.1. The van der Waals surface area contributed by atoms with Crippen LogP contribution in [0.4, 0.5) is 0 Å². The molecule has 0 bridgehead atoms. The zero-order valence-corrected chi connectivity index (χ0v) is 13.8. The number of ether oxygens (including phenoxy) is 1. The van der Waals surface area contributed by atoms with Crippen LogP contribution in [-0.2, 0) is 0 Å². The lowest BCUT2D eigenvalue weighted by Gasteiger charge is -2.20. The first kappa shape index (κ1) is 16.1. The van der Waals surface area contributed by atoms with Gasteiger partial charge in [0.1, 0.15) is 5.75 Å². The Hall–Kier alpha value is -2.23. The highest BCUT2D eigenvalue weighted by Gasteiger charge is 2.18. The second kappa shape index (κ2) is 6.69. The summed E-state index contributed by atoms with van der Waals surface area (Å²) in [6, 6.07) is 7.39. The van der Waals surface area contributed by atoms with Gasteiger partial charge in [0.25, 0.3) is 5.91 Å². The quantitative estimate of drug-likeness (QED) is 0.900. The molecule has 0 aliphatic carbocycles. The Labute approximate surface area is 131 Å². The van der Waals surface area contributed by atoms with E-state index in [1.807, 2.05) is 19.9 Å². The average molecular weight is 301 g/mol. The van der Waals surface area contributed by atoms with Crippen molar-refractivity contribution < 1.29 is 13.9 Å². The van der Waals surface area contributed by atoms with Gasteiger partial charge in [-0.2, -0.15) is 0 Å². The largest absolute Gasteiger partial charge is 0.496 e. The first-order chi connectivity index (χ1) is 10.4. The van der Waals surface area contributed by atoms with E-state index in [1.165, 1.54) is 6.26 Å². The molecular weight excluding hydrogens is 278 g/mol. The molecule has 0 saturated heterocycles. The first-order valence-electron chi connectivity index (χ1n) is 7.46. The van der Waals surface area contributed by atoms with Gasteiger partial charge in [0.15, 0.2) is 5.76 Å². The minimum atomic E-state index is -0.209. The summed E-state index contributed by atoms with van der Waals surface area (Å²) in [4.78, 5) is 12.1. The number of aryl methyl sites for hydroxylation is 1. The van der Waals surface area contributed by atoms with Gasteiger partial charge in [-0.3, -0.25) is 4.79 Å². The van der Waals surface area contributed by atoms with Gasteiger partial charge in [-0.05, 0) is 60.7 Å². The monoisotopic (exact) mass is 301 g/mol. The molecule has 1 N–H and O–H groups in total. The molecule has 0 radical (unpaired) electrons. The standard InChI is InChI=1S/C18H23NO3/c1-11(2)14-10-15(12(3)9-17(14)21-5)13(4)19-18(20)16-7-6-8-22-16/h6-11,13H,1-5H3,(H,19,20). The third-order valence-electron chi connectivity index (χ3n) is 3.80. The lowest BCUT2D eigenvalue weighted by atomic mass is 9.93. The number of hydrogen-bond acceptors (Lipinski definition) is 3. The third kappa shape index (κ3) is 3.32. The van der Waals surface area contributed by atoms with Crippen molar-refractivity contribution in [2.45, 2.75) is 39.7 Å². The van der Waals surface area contributed by atoms with Crippen LogP contribution in [-0.4, -0.2) is 13.0 Å². The highest BCUT2D eigenvalue weighted by Crippen LogP contribution is 2.32. The van der Waals surface area contributed by atoms with E-state index in [9.17, 15) is 4.79 Å². The number of benzene rings is 1. The molecule has 0 aliphatic heterocycles. The summed E-state index contributed by atoms with van der Waals surface area (Å²) < 4.78 is 10.6. The van der Waals surface area contributed by atoms with Gasteiger partial charge in [0.2, 0.25) is 0 Å². The van der Waals surface area contributed by atoms with E-state index < -0.39 is 0 Å². The highest BCUT2D eigenvalue weighted by atomic mass is 16.5. The fraction of sp³-hybridized carbons (Fsp3) is 0.389. The molecule has 2 rings (SSSR count). The minimum Gasteiger partial charge on any atom is -0.496 e. The summed E-state index contributed by atoms with van der Waals surface area (Å²) in [6.07, 6.45) is 1.50. The molecular formula is C18H23NO3. The van der Waals surface area contributed by atoms with Gasteiger partial charge < -0.3 is 14.5 Å². The number of amides is 1. The van der Waals surface area contributed by atoms with Crippen LogP contribution >= 0.6 is 0 Å². The number of furan rings is 1. The Morgan fingerprint density at radius 2 is 1.95 bits per heavy atom. The normalized spacial score (nSPS) is 12.3. The average Bonchev–Trinajstić information content (AvgIpc) is 3.00. The zero-order valence-electron chi connectivity index (χ0n) is 13.8. The highest BCUT2D eigenvalue weighted by molar-refractivity contribution is 5.91. The summed E-state index contributed by atoms with van der Waals surface area (Å²) in [5.41, 5.74) is 3.32. The molecule has 0 spiro atoms. The maximum atomic E-state index is 12.1. The van der Waals surface area contributed by atoms with Crippen molar-refractivity contribution in [2.75, 3.05) is 7.11 Å². The predicted molar refractivity (Wildman–Crippen MR) is 86.4 cm³/mol. The molecule has 0 aliphatic rings. The topological polar surface area (TPSA) is 51.5 Å². The van der Waals surface area contributed by atoms with Crippen molar-refractivity contribution in [3.05, 3.63) is 53.0 Å². The lowest BCUT2D eigenvalue weighted by Crippen LogP contribution is -2.26. The van der Waals surface area contributed by atoms with E-state index in [-0.39, 0.29) is 11.9 Å². The fourth-order valence-electron chi connectivity index (χ4n) is 2.56. The Bertz CT molecular complexity index is 645. The van der Waals surface area contributed by atoms with Crippen molar-refractivity contribution in [1.82, 2.24) is 5.32 Å². The van der Waals surface area contributed by atoms with Gasteiger partial charge in [0, 0.05) is 0 Å². The molecule has 1 aromatic carbocycles. The van der Waals surface area contributed by atoms with E-state index >= 15 is 0 Å². The van der Waals surface area contributed by atoms with Gasteiger partial charge in [0.05, 0.1) is 19.4 Å². The Morgan fingerprint density at radius 3 is 2.50 bits per heavy atom. The van der Waals surface area contributed by atoms with Crippen LogP contribution in [0.5, 0.6) is 5.75 Å². The van der Waals surface area contributed by atoms with Crippen LogP contribution in [0.25, 0.3) is 0 Å². The molecule has 4 nitrogen and oxygen atoms in total. The molecule has 4 heteroatoms. The zero-order chi connectivity index (χ0) is 16.3. The molecule has 1 unspecified atom stereocenters. The molecule has 22 heavy (non-hydrogen) atoms. The van der Waals surface area contributed by atoms with E-state index in [2.05, 4.69) is 25.2 Å². The molecule has 1 atom stereocenters. The summed E-state index contributed by atoms with van der Waals surface area (Å²) in [6.45, 7) is 8.25. The minimum absolute atomic E-state index is 0.110. The van der Waals surface area contributed by atoms with Crippen molar-refractivity contribution in [2.24, 2.45) is 0 Å². The van der Waals surface area contributed by atoms with Crippen LogP contribution in [0.3, 0.4) is 0 Å². The van der Waals surface area contributed by atoms with Gasteiger partial charge in [-0.1, -0.05) is 13.8 Å². The summed E-state index contributed by atoms with van der Waals surface area (Å²) >= 11 is 0. The number of rotatable bonds is 5. The summed E-state index contributed by atoms with van der Waals surface area (Å²) in [5.74, 6) is 1.35. The first-order valence-corrected chi connectivity index (χ1v) is 7.46. The summed E-state index contributed by atoms with van der Waals surface area (Å²) in [7, 11) is 1.68. The maximum Gasteiger partial charge on any atom is 0.287 e. The van der Waals surface area contributed by atoms with Crippen LogP contribution in [0.15, 0.2) is 34.9 Å². The van der Waals surface area contributed by atoms with Crippen LogP contribution < -0.4 is 10.1 Å². The Kier molecular flexibility index (Phi) is 4.91. The van der Waals surface area contributed by atoms with Crippen molar-refractivity contribution in [1.29, 1.82) is 0 Å². The van der Waals surface area contributed by atoms with Crippen molar-refractivity contribution >= 4 is 5.91 Å². The fourth-order valence-corrected chi connectivity index (χ4v) is 2.56. The van der Waals surface area contributed by atoms with Gasteiger partial charge in [-0.15, -0.1) is 0 Å². The number of nitrogens with one attached hydrogen (secondary N) is 1. The predicted octanol–water partition coefficient (Wildman–Crippen LogP) is 4.21. The SMILES string of the molecule is COc1cc(C)c(C(C)NC(=O)c2ccco2)cc1C(C)C. The molecule has 1 amide bonds. The number of methoxy groups -OCH3 is 1. The molecule has 0 fully saturated rings. The van der Waals surface area contributed by atoms with E-state index in [0.717, 1.165) is 22.4 Å². The van der Waals surface area contributed by atoms with E-state index in [4.69, 9.17) is 9.15 Å². The number of carbonyl (C=O) groups is 1. The lowest BCUT2D eigenvalue weighted by molar-refractivity contribution is 0.0912. The van der Waals surface area contributed by atoms with Crippen LogP contribution in [0.2, 0.25) is 0 Å². The molecule has 118 valence electrons. The van der Waals surface area contributed by atoms with E-state index in [0.29, 0.717) is 11.7 Å². The van der Waals surface area contributed by atoms with E-state index in [1.54, 1.807) is 19.2 Å². The van der Waals surface area contributed by atoms with Crippen LogP contribution in [0.1, 0.15) is 60.0 Å². The second-order valence-corrected chi connectivity index (χ2v) is 5.78. The van der Waals surface area contributed by atoms with Gasteiger partial charge >= 0.3 is 0 Å². The molecule has 1 heterocycles. The number of hydrogen-bond donors (Lipinski definition) is 1.